The molecule has 0 fully saturated rings. The van der Waals surface area contributed by atoms with Crippen molar-refractivity contribution in [3.8, 4) is 6.07 Å². The fourth-order valence-corrected chi connectivity index (χ4v) is 2.48. The summed E-state index contributed by atoms with van der Waals surface area (Å²) < 4.78 is 0. The predicted molar refractivity (Wildman–Crippen MR) is 74.0 cm³/mol. The van der Waals surface area contributed by atoms with Gasteiger partial charge in [-0.25, -0.2) is 0 Å². The number of carbonyl (C=O) groups excluding carboxylic acids is 1. The van der Waals surface area contributed by atoms with Gasteiger partial charge >= 0.3 is 0 Å². The molecule has 1 amide bonds. The van der Waals surface area contributed by atoms with Crippen LogP contribution in [0.3, 0.4) is 0 Å². The van der Waals surface area contributed by atoms with Crippen LogP contribution in [0.4, 0.5) is 0 Å². The summed E-state index contributed by atoms with van der Waals surface area (Å²) in [5.41, 5.74) is 1.99. The van der Waals surface area contributed by atoms with Crippen LogP contribution in [0.15, 0.2) is 42.0 Å². The highest BCUT2D eigenvalue weighted by molar-refractivity contribution is 5.73. The van der Waals surface area contributed by atoms with Crippen LogP contribution in [0.25, 0.3) is 0 Å². The lowest BCUT2D eigenvalue weighted by Crippen LogP contribution is -2.39. The molecule has 1 aliphatic carbocycles. The van der Waals surface area contributed by atoms with Crippen LogP contribution < -0.4 is 0 Å². The normalized spacial score (nSPS) is 18.3. The van der Waals surface area contributed by atoms with Gasteiger partial charge in [0, 0.05) is 25.1 Å². The Balaban J connectivity index is 2.08. The van der Waals surface area contributed by atoms with Crippen LogP contribution in [0.5, 0.6) is 0 Å². The minimum absolute atomic E-state index is 0.0997. The molecule has 98 valence electrons. The minimum Gasteiger partial charge on any atom is -0.335 e. The number of carbonyl (C=O) groups is 1. The van der Waals surface area contributed by atoms with Crippen LogP contribution in [-0.4, -0.2) is 16.8 Å². The van der Waals surface area contributed by atoms with Gasteiger partial charge in [0.1, 0.15) is 0 Å². The average molecular weight is 254 g/mol. The quantitative estimate of drug-likeness (QED) is 0.832. The topological polar surface area (TPSA) is 44.1 Å². The molecule has 0 saturated carbocycles. The SMILES string of the molecule is CC(=O)N(Cc1ccccc1)C1CC=C(C#N)CC1. The van der Waals surface area contributed by atoms with Crippen LogP contribution >= 0.6 is 0 Å². The standard InChI is InChI=1S/C16H18N2O/c1-13(19)18(12-15-5-3-2-4-6-15)16-9-7-14(11-17)8-10-16/h2-7,16H,8-10,12H2,1H3. The number of allylic oxidation sites excluding steroid dienone is 1. The molecule has 0 aromatic heterocycles. The Bertz CT molecular complexity index is 513. The van der Waals surface area contributed by atoms with E-state index in [2.05, 4.69) is 6.07 Å². The summed E-state index contributed by atoms with van der Waals surface area (Å²) in [6.45, 7) is 2.27. The summed E-state index contributed by atoms with van der Waals surface area (Å²) in [6.07, 6.45) is 4.41. The van der Waals surface area contributed by atoms with E-state index in [0.29, 0.717) is 6.54 Å². The monoisotopic (exact) mass is 254 g/mol. The molecule has 1 aliphatic rings. The molecule has 0 saturated heterocycles. The molecule has 1 unspecified atom stereocenters. The van der Waals surface area contributed by atoms with E-state index < -0.39 is 0 Å². The second kappa shape index (κ2) is 6.19. The fourth-order valence-electron chi connectivity index (χ4n) is 2.48. The minimum atomic E-state index is 0.0997. The zero-order valence-corrected chi connectivity index (χ0v) is 11.2. The number of benzene rings is 1. The molecule has 3 nitrogen and oxygen atoms in total. The number of amides is 1. The lowest BCUT2D eigenvalue weighted by Gasteiger charge is -2.32. The highest BCUT2D eigenvalue weighted by atomic mass is 16.2. The van der Waals surface area contributed by atoms with Crippen molar-refractivity contribution in [2.75, 3.05) is 0 Å². The fraction of sp³-hybridized carbons (Fsp3) is 0.375. The van der Waals surface area contributed by atoms with Gasteiger partial charge in [-0.05, 0) is 24.8 Å². The molecule has 2 rings (SSSR count). The second-order valence-electron chi connectivity index (χ2n) is 4.90. The highest BCUT2D eigenvalue weighted by Gasteiger charge is 2.23. The second-order valence-corrected chi connectivity index (χ2v) is 4.90. The Kier molecular flexibility index (Phi) is 4.35. The molecule has 3 heteroatoms. The van der Waals surface area contributed by atoms with Gasteiger partial charge in [-0.15, -0.1) is 0 Å². The maximum absolute atomic E-state index is 11.8. The molecule has 0 heterocycles. The number of nitriles is 1. The van der Waals surface area contributed by atoms with Gasteiger partial charge in [-0.3, -0.25) is 4.79 Å². The maximum atomic E-state index is 11.8. The highest BCUT2D eigenvalue weighted by Crippen LogP contribution is 2.23. The van der Waals surface area contributed by atoms with Crippen LogP contribution in [0.2, 0.25) is 0 Å². The molecule has 0 bridgehead atoms. The zero-order chi connectivity index (χ0) is 13.7. The summed E-state index contributed by atoms with van der Waals surface area (Å²) in [7, 11) is 0. The summed E-state index contributed by atoms with van der Waals surface area (Å²) in [6, 6.07) is 12.4. The summed E-state index contributed by atoms with van der Waals surface area (Å²) in [5, 5.41) is 8.86. The first-order valence-corrected chi connectivity index (χ1v) is 6.61. The van der Waals surface area contributed by atoms with Crippen LogP contribution in [-0.2, 0) is 11.3 Å². The van der Waals surface area contributed by atoms with E-state index in [1.165, 1.54) is 0 Å². The average Bonchev–Trinajstić information content (AvgIpc) is 2.46. The third kappa shape index (κ3) is 3.45. The Labute approximate surface area is 114 Å². The molecule has 0 aliphatic heterocycles. The summed E-state index contributed by atoms with van der Waals surface area (Å²) in [4.78, 5) is 13.8. The van der Waals surface area contributed by atoms with Gasteiger partial charge in [0.2, 0.25) is 5.91 Å². The third-order valence-electron chi connectivity index (χ3n) is 3.57. The number of hydrogen-bond donors (Lipinski definition) is 0. The van der Waals surface area contributed by atoms with E-state index in [-0.39, 0.29) is 11.9 Å². The molecule has 1 aromatic carbocycles. The largest absolute Gasteiger partial charge is 0.335 e. The van der Waals surface area contributed by atoms with Gasteiger partial charge in [0.05, 0.1) is 6.07 Å². The summed E-state index contributed by atoms with van der Waals surface area (Å²) >= 11 is 0. The molecule has 1 aromatic rings. The van der Waals surface area contributed by atoms with E-state index in [1.54, 1.807) is 6.92 Å². The summed E-state index contributed by atoms with van der Waals surface area (Å²) in [5.74, 6) is 0.0997. The van der Waals surface area contributed by atoms with Crippen molar-refractivity contribution in [2.45, 2.75) is 38.8 Å². The molecule has 1 atom stereocenters. The van der Waals surface area contributed by atoms with Crippen molar-refractivity contribution in [3.05, 3.63) is 47.5 Å². The Morgan fingerprint density at radius 2 is 2.16 bits per heavy atom. The first-order valence-electron chi connectivity index (χ1n) is 6.61. The smallest absolute Gasteiger partial charge is 0.220 e. The van der Waals surface area contributed by atoms with Crippen molar-refractivity contribution >= 4 is 5.91 Å². The van der Waals surface area contributed by atoms with E-state index in [4.69, 9.17) is 5.26 Å². The van der Waals surface area contributed by atoms with Crippen molar-refractivity contribution in [1.82, 2.24) is 4.90 Å². The van der Waals surface area contributed by atoms with Crippen molar-refractivity contribution in [2.24, 2.45) is 0 Å². The van der Waals surface area contributed by atoms with E-state index in [1.807, 2.05) is 41.3 Å². The van der Waals surface area contributed by atoms with Crippen molar-refractivity contribution in [1.29, 1.82) is 5.26 Å². The Morgan fingerprint density at radius 3 is 2.68 bits per heavy atom. The molecular weight excluding hydrogens is 236 g/mol. The lowest BCUT2D eigenvalue weighted by atomic mass is 9.94. The van der Waals surface area contributed by atoms with E-state index >= 15 is 0 Å². The first-order chi connectivity index (χ1) is 9.20. The number of rotatable bonds is 3. The van der Waals surface area contributed by atoms with Gasteiger partial charge in [0.15, 0.2) is 0 Å². The number of hydrogen-bond acceptors (Lipinski definition) is 2. The van der Waals surface area contributed by atoms with Crippen molar-refractivity contribution in [3.63, 3.8) is 0 Å². The molecular formula is C16H18N2O. The van der Waals surface area contributed by atoms with E-state index in [0.717, 1.165) is 30.4 Å². The Hall–Kier alpha value is -2.08. The van der Waals surface area contributed by atoms with Gasteiger partial charge in [0.25, 0.3) is 0 Å². The Morgan fingerprint density at radius 1 is 1.42 bits per heavy atom. The maximum Gasteiger partial charge on any atom is 0.220 e. The van der Waals surface area contributed by atoms with Crippen LogP contribution in [0.1, 0.15) is 31.7 Å². The first kappa shape index (κ1) is 13.4. The molecule has 19 heavy (non-hydrogen) atoms. The zero-order valence-electron chi connectivity index (χ0n) is 11.2. The van der Waals surface area contributed by atoms with Crippen molar-refractivity contribution < 1.29 is 4.79 Å². The van der Waals surface area contributed by atoms with E-state index in [9.17, 15) is 4.79 Å². The van der Waals surface area contributed by atoms with Crippen LogP contribution in [0, 0.1) is 11.3 Å². The predicted octanol–water partition coefficient (Wildman–Crippen LogP) is 3.04. The molecule has 0 N–H and O–H groups in total. The van der Waals surface area contributed by atoms with Gasteiger partial charge in [-0.1, -0.05) is 36.4 Å². The third-order valence-corrected chi connectivity index (χ3v) is 3.57. The lowest BCUT2D eigenvalue weighted by molar-refractivity contribution is -0.132. The number of nitrogens with zero attached hydrogens (tertiary/aromatic N) is 2. The van der Waals surface area contributed by atoms with Gasteiger partial charge in [-0.2, -0.15) is 5.26 Å². The molecule has 0 radical (unpaired) electrons. The molecule has 0 spiro atoms. The van der Waals surface area contributed by atoms with Gasteiger partial charge < -0.3 is 4.90 Å².